The van der Waals surface area contributed by atoms with Crippen LogP contribution in [-0.2, 0) is 24.2 Å². The maximum atomic E-state index is 12.4. The molecule has 0 aliphatic carbocycles. The van der Waals surface area contributed by atoms with Gasteiger partial charge in [-0.25, -0.2) is 4.98 Å². The van der Waals surface area contributed by atoms with Crippen LogP contribution in [0.15, 0.2) is 48.5 Å². The number of carbonyl (C=O) groups is 1. The van der Waals surface area contributed by atoms with E-state index in [0.717, 1.165) is 35.4 Å². The van der Waals surface area contributed by atoms with Crippen LogP contribution in [-0.4, -0.2) is 22.0 Å². The summed E-state index contributed by atoms with van der Waals surface area (Å²) in [6.07, 6.45) is 13.2. The quantitative estimate of drug-likeness (QED) is 0.261. The van der Waals surface area contributed by atoms with Gasteiger partial charge in [-0.05, 0) is 36.6 Å². The molecule has 1 heterocycles. The van der Waals surface area contributed by atoms with Gasteiger partial charge in [0.25, 0.3) is 0 Å². The molecule has 2 aromatic carbocycles. The number of amides is 1. The van der Waals surface area contributed by atoms with Gasteiger partial charge in [0.2, 0.25) is 5.91 Å². The summed E-state index contributed by atoms with van der Waals surface area (Å²) in [5.74, 6) is 1.15. The van der Waals surface area contributed by atoms with Crippen molar-refractivity contribution in [3.63, 3.8) is 0 Å². The van der Waals surface area contributed by atoms with Crippen LogP contribution in [0.2, 0.25) is 0 Å². The van der Waals surface area contributed by atoms with Gasteiger partial charge in [-0.1, -0.05) is 94.7 Å². The zero-order valence-electron chi connectivity index (χ0n) is 20.6. The first-order valence-electron chi connectivity index (χ1n) is 12.9. The number of fused-ring (bicyclic) bond motifs is 1. The normalized spacial score (nSPS) is 11.2. The second-order valence-corrected chi connectivity index (χ2v) is 9.20. The van der Waals surface area contributed by atoms with Crippen molar-refractivity contribution in [2.24, 2.45) is 0 Å². The number of hydrogen-bond donors (Lipinski definition) is 1. The van der Waals surface area contributed by atoms with Crippen molar-refractivity contribution >= 4 is 16.9 Å². The van der Waals surface area contributed by atoms with Crippen molar-refractivity contribution in [2.75, 3.05) is 6.54 Å². The van der Waals surface area contributed by atoms with E-state index in [4.69, 9.17) is 4.98 Å². The summed E-state index contributed by atoms with van der Waals surface area (Å²) < 4.78 is 2.37. The summed E-state index contributed by atoms with van der Waals surface area (Å²) in [5, 5.41) is 3.09. The summed E-state index contributed by atoms with van der Waals surface area (Å²) in [6.45, 7) is 5.94. The number of rotatable bonds is 15. The van der Waals surface area contributed by atoms with E-state index < -0.39 is 0 Å². The van der Waals surface area contributed by atoms with Gasteiger partial charge in [-0.2, -0.15) is 0 Å². The Labute approximate surface area is 199 Å². The Balaban J connectivity index is 1.47. The number of para-hydroxylation sites is 2. The molecule has 0 bridgehead atoms. The number of nitrogens with zero attached hydrogens (tertiary/aromatic N) is 2. The highest BCUT2D eigenvalue weighted by atomic mass is 16.1. The molecule has 1 amide bonds. The van der Waals surface area contributed by atoms with E-state index in [0.29, 0.717) is 13.0 Å². The highest BCUT2D eigenvalue weighted by Crippen LogP contribution is 2.18. The van der Waals surface area contributed by atoms with Crippen LogP contribution < -0.4 is 5.32 Å². The van der Waals surface area contributed by atoms with Gasteiger partial charge >= 0.3 is 0 Å². The van der Waals surface area contributed by atoms with E-state index in [1.54, 1.807) is 0 Å². The van der Waals surface area contributed by atoms with Crippen LogP contribution in [0.1, 0.15) is 81.7 Å². The number of benzene rings is 2. The maximum absolute atomic E-state index is 12.4. The highest BCUT2D eigenvalue weighted by Gasteiger charge is 2.11. The average Bonchev–Trinajstić information content (AvgIpc) is 3.17. The maximum Gasteiger partial charge on any atom is 0.224 e. The number of aryl methyl sites for hydroxylation is 2. The number of imidazole rings is 1. The van der Waals surface area contributed by atoms with Crippen LogP contribution >= 0.6 is 0 Å². The van der Waals surface area contributed by atoms with E-state index in [-0.39, 0.29) is 5.91 Å². The molecule has 0 fully saturated rings. The van der Waals surface area contributed by atoms with Gasteiger partial charge in [-0.15, -0.1) is 0 Å². The Kier molecular flexibility index (Phi) is 10.5. The summed E-state index contributed by atoms with van der Waals surface area (Å²) in [4.78, 5) is 17.3. The Hall–Kier alpha value is -2.62. The second kappa shape index (κ2) is 13.8. The number of carbonyl (C=O) groups excluding carboxylic acids is 1. The Morgan fingerprint density at radius 2 is 1.55 bits per heavy atom. The first-order chi connectivity index (χ1) is 16.2. The molecule has 33 heavy (non-hydrogen) atoms. The molecule has 1 aromatic heterocycles. The van der Waals surface area contributed by atoms with Crippen molar-refractivity contribution < 1.29 is 4.79 Å². The number of aromatic nitrogens is 2. The predicted octanol–water partition coefficient (Wildman–Crippen LogP) is 6.78. The molecule has 0 unspecified atom stereocenters. The summed E-state index contributed by atoms with van der Waals surface area (Å²) >= 11 is 0. The minimum absolute atomic E-state index is 0.0749. The standard InChI is InChI=1S/C29H41N3O/c1-3-4-5-6-7-8-9-10-15-22-32-27-19-14-13-18-26(27)31-28(32)20-21-30-29(33)23-25-17-12-11-16-24(25)2/h11-14,16-19H,3-10,15,20-23H2,1-2H3,(H,30,33). The zero-order valence-corrected chi connectivity index (χ0v) is 20.6. The third-order valence-electron chi connectivity index (χ3n) is 6.50. The van der Waals surface area contributed by atoms with Gasteiger partial charge in [0.1, 0.15) is 5.82 Å². The summed E-state index contributed by atoms with van der Waals surface area (Å²) in [7, 11) is 0. The smallest absolute Gasteiger partial charge is 0.224 e. The molecule has 178 valence electrons. The molecule has 0 spiro atoms. The molecule has 1 N–H and O–H groups in total. The summed E-state index contributed by atoms with van der Waals surface area (Å²) in [6, 6.07) is 16.5. The lowest BCUT2D eigenvalue weighted by molar-refractivity contribution is -0.120. The van der Waals surface area contributed by atoms with Crippen molar-refractivity contribution in [3.05, 3.63) is 65.5 Å². The van der Waals surface area contributed by atoms with Crippen molar-refractivity contribution in [1.82, 2.24) is 14.9 Å². The van der Waals surface area contributed by atoms with Crippen LogP contribution in [0, 0.1) is 6.92 Å². The fraction of sp³-hybridized carbons (Fsp3) is 0.517. The molecule has 0 aliphatic heterocycles. The molecule has 0 saturated heterocycles. The molecule has 0 atom stereocenters. The monoisotopic (exact) mass is 447 g/mol. The minimum atomic E-state index is 0.0749. The zero-order chi connectivity index (χ0) is 23.3. The van der Waals surface area contributed by atoms with Crippen LogP contribution in [0.4, 0.5) is 0 Å². The fourth-order valence-corrected chi connectivity index (χ4v) is 4.50. The largest absolute Gasteiger partial charge is 0.355 e. The molecule has 0 radical (unpaired) electrons. The lowest BCUT2D eigenvalue weighted by atomic mass is 10.1. The van der Waals surface area contributed by atoms with Gasteiger partial charge in [0, 0.05) is 19.5 Å². The van der Waals surface area contributed by atoms with E-state index in [2.05, 4.69) is 48.0 Å². The minimum Gasteiger partial charge on any atom is -0.355 e. The van der Waals surface area contributed by atoms with E-state index in [1.165, 1.54) is 63.3 Å². The second-order valence-electron chi connectivity index (χ2n) is 9.20. The number of nitrogens with one attached hydrogen (secondary N) is 1. The Morgan fingerprint density at radius 3 is 2.30 bits per heavy atom. The van der Waals surface area contributed by atoms with Crippen molar-refractivity contribution in [1.29, 1.82) is 0 Å². The highest BCUT2D eigenvalue weighted by molar-refractivity contribution is 5.79. The van der Waals surface area contributed by atoms with Crippen molar-refractivity contribution in [2.45, 2.75) is 91.0 Å². The Bertz CT molecular complexity index is 991. The van der Waals surface area contributed by atoms with Gasteiger partial charge in [0.05, 0.1) is 17.5 Å². The first-order valence-corrected chi connectivity index (χ1v) is 12.9. The van der Waals surface area contributed by atoms with Crippen LogP contribution in [0.25, 0.3) is 11.0 Å². The first kappa shape index (κ1) is 25.0. The topological polar surface area (TPSA) is 46.9 Å². The molecule has 3 rings (SSSR count). The van der Waals surface area contributed by atoms with E-state index in [1.807, 2.05) is 24.3 Å². The van der Waals surface area contributed by atoms with Gasteiger partial charge in [-0.3, -0.25) is 4.79 Å². The predicted molar refractivity (Wildman–Crippen MR) is 139 cm³/mol. The molecule has 4 heteroatoms. The SMILES string of the molecule is CCCCCCCCCCCn1c(CCNC(=O)Cc2ccccc2C)nc2ccccc21. The van der Waals surface area contributed by atoms with Crippen LogP contribution in [0.3, 0.4) is 0 Å². The van der Waals surface area contributed by atoms with Crippen molar-refractivity contribution in [3.8, 4) is 0 Å². The summed E-state index contributed by atoms with van der Waals surface area (Å²) in [5.41, 5.74) is 4.51. The average molecular weight is 448 g/mol. The van der Waals surface area contributed by atoms with Gasteiger partial charge < -0.3 is 9.88 Å². The Morgan fingerprint density at radius 1 is 0.879 bits per heavy atom. The molecule has 0 saturated carbocycles. The fourth-order valence-electron chi connectivity index (χ4n) is 4.50. The molecule has 4 nitrogen and oxygen atoms in total. The lowest BCUT2D eigenvalue weighted by Gasteiger charge is -2.11. The van der Waals surface area contributed by atoms with Crippen LogP contribution in [0.5, 0.6) is 0 Å². The molecule has 0 aliphatic rings. The third-order valence-corrected chi connectivity index (χ3v) is 6.50. The number of hydrogen-bond acceptors (Lipinski definition) is 2. The molecular formula is C29H41N3O. The molecule has 3 aromatic rings. The molecular weight excluding hydrogens is 406 g/mol. The third kappa shape index (κ3) is 8.03. The lowest BCUT2D eigenvalue weighted by Crippen LogP contribution is -2.28. The van der Waals surface area contributed by atoms with E-state index in [9.17, 15) is 4.79 Å². The van der Waals surface area contributed by atoms with E-state index >= 15 is 0 Å². The number of unbranched alkanes of at least 4 members (excludes halogenated alkanes) is 8. The van der Waals surface area contributed by atoms with Gasteiger partial charge in [0.15, 0.2) is 0 Å².